The predicted octanol–water partition coefficient (Wildman–Crippen LogP) is 3.57. The number of para-hydroxylation sites is 1. The summed E-state index contributed by atoms with van der Waals surface area (Å²) >= 11 is 1.50. The van der Waals surface area contributed by atoms with E-state index in [0.29, 0.717) is 11.0 Å². The monoisotopic (exact) mass is 363 g/mol. The molecule has 2 aliphatic rings. The zero-order valence-electron chi connectivity index (χ0n) is 14.6. The summed E-state index contributed by atoms with van der Waals surface area (Å²) in [5.41, 5.74) is 3.84. The van der Waals surface area contributed by atoms with Gasteiger partial charge in [0.1, 0.15) is 0 Å². The number of benzene rings is 2. The highest BCUT2D eigenvalue weighted by molar-refractivity contribution is 7.20. The Morgan fingerprint density at radius 2 is 1.85 bits per heavy atom. The lowest BCUT2D eigenvalue weighted by atomic mass is 9.98. The molecule has 1 atom stereocenters. The van der Waals surface area contributed by atoms with Crippen molar-refractivity contribution in [3.8, 4) is 0 Å². The molecule has 0 radical (unpaired) electrons. The van der Waals surface area contributed by atoms with Crippen molar-refractivity contribution in [3.63, 3.8) is 0 Å². The molecular formula is C21H21N3OS. The van der Waals surface area contributed by atoms with E-state index in [4.69, 9.17) is 0 Å². The Morgan fingerprint density at radius 1 is 1.04 bits per heavy atom. The molecule has 2 aliphatic heterocycles. The van der Waals surface area contributed by atoms with Gasteiger partial charge in [-0.2, -0.15) is 0 Å². The van der Waals surface area contributed by atoms with Gasteiger partial charge in [-0.1, -0.05) is 36.4 Å². The molecule has 5 heteroatoms. The maximum Gasteiger partial charge on any atom is 0.282 e. The van der Waals surface area contributed by atoms with Crippen molar-refractivity contribution in [3.05, 3.63) is 64.7 Å². The smallest absolute Gasteiger partial charge is 0.282 e. The number of likely N-dealkylation sites (tertiary alicyclic amines) is 1. The predicted molar refractivity (Wildman–Crippen MR) is 104 cm³/mol. The van der Waals surface area contributed by atoms with Crippen molar-refractivity contribution in [1.29, 1.82) is 0 Å². The van der Waals surface area contributed by atoms with Gasteiger partial charge in [-0.25, -0.2) is 4.98 Å². The molecule has 5 rings (SSSR count). The van der Waals surface area contributed by atoms with Crippen LogP contribution >= 0.6 is 11.3 Å². The highest BCUT2D eigenvalue weighted by atomic mass is 32.1. The third-order valence-electron chi connectivity index (χ3n) is 5.60. The van der Waals surface area contributed by atoms with Gasteiger partial charge in [0.05, 0.1) is 10.2 Å². The number of nitrogens with zero attached hydrogens (tertiary/aromatic N) is 3. The summed E-state index contributed by atoms with van der Waals surface area (Å²) in [6.07, 6.45) is 2.16. The third kappa shape index (κ3) is 2.81. The second-order valence-electron chi connectivity index (χ2n) is 7.17. The quantitative estimate of drug-likeness (QED) is 0.698. The Bertz CT molecular complexity index is 934. The molecule has 0 aliphatic carbocycles. The van der Waals surface area contributed by atoms with Gasteiger partial charge in [0.25, 0.3) is 5.91 Å². The van der Waals surface area contributed by atoms with Crippen molar-refractivity contribution >= 4 is 27.5 Å². The Hall–Kier alpha value is -2.24. The van der Waals surface area contributed by atoms with Gasteiger partial charge in [0.15, 0.2) is 5.01 Å². The van der Waals surface area contributed by atoms with E-state index in [0.717, 1.165) is 49.2 Å². The summed E-state index contributed by atoms with van der Waals surface area (Å²) in [7, 11) is 0. The molecule has 1 fully saturated rings. The number of thiazole rings is 1. The minimum atomic E-state index is 0.0890. The maximum absolute atomic E-state index is 12.9. The van der Waals surface area contributed by atoms with Gasteiger partial charge < -0.3 is 4.90 Å². The maximum atomic E-state index is 12.9. The van der Waals surface area contributed by atoms with Gasteiger partial charge >= 0.3 is 0 Å². The molecule has 26 heavy (non-hydrogen) atoms. The fourth-order valence-corrected chi connectivity index (χ4v) is 5.09. The lowest BCUT2D eigenvalue weighted by Gasteiger charge is -2.33. The van der Waals surface area contributed by atoms with Crippen LogP contribution in [0.3, 0.4) is 0 Å². The number of carbonyl (C=O) groups excluding carboxylic acids is 1. The summed E-state index contributed by atoms with van der Waals surface area (Å²) in [6.45, 7) is 3.74. The normalized spacial score (nSPS) is 20.5. The molecule has 0 saturated carbocycles. The zero-order chi connectivity index (χ0) is 17.5. The van der Waals surface area contributed by atoms with Crippen LogP contribution in [-0.2, 0) is 13.0 Å². The summed E-state index contributed by atoms with van der Waals surface area (Å²) in [5.74, 6) is 0.0890. The number of amides is 1. The molecule has 3 heterocycles. The number of rotatable bonds is 2. The molecular weight excluding hydrogens is 342 g/mol. The van der Waals surface area contributed by atoms with Gasteiger partial charge in [0.2, 0.25) is 0 Å². The van der Waals surface area contributed by atoms with Crippen molar-refractivity contribution in [2.45, 2.75) is 25.4 Å². The molecule has 1 unspecified atom stereocenters. The van der Waals surface area contributed by atoms with Crippen molar-refractivity contribution in [2.75, 3.05) is 19.6 Å². The molecule has 2 aromatic carbocycles. The van der Waals surface area contributed by atoms with Crippen LogP contribution < -0.4 is 0 Å². The lowest BCUT2D eigenvalue weighted by molar-refractivity contribution is 0.0773. The molecule has 3 aromatic rings. The minimum absolute atomic E-state index is 0.0890. The second-order valence-corrected chi connectivity index (χ2v) is 8.20. The summed E-state index contributed by atoms with van der Waals surface area (Å²) in [4.78, 5) is 22.0. The van der Waals surface area contributed by atoms with Crippen molar-refractivity contribution in [2.24, 2.45) is 0 Å². The van der Waals surface area contributed by atoms with E-state index >= 15 is 0 Å². The fourth-order valence-electron chi connectivity index (χ4n) is 4.15. The van der Waals surface area contributed by atoms with Crippen LogP contribution in [0.2, 0.25) is 0 Å². The van der Waals surface area contributed by atoms with Crippen LogP contribution in [0.25, 0.3) is 10.2 Å². The third-order valence-corrected chi connectivity index (χ3v) is 6.63. The fraction of sp³-hybridized carbons (Fsp3) is 0.333. The highest BCUT2D eigenvalue weighted by Gasteiger charge is 2.33. The van der Waals surface area contributed by atoms with Crippen LogP contribution in [0, 0.1) is 0 Å². The Morgan fingerprint density at radius 3 is 2.73 bits per heavy atom. The average Bonchev–Trinajstić information content (AvgIpc) is 3.34. The molecule has 1 saturated heterocycles. The van der Waals surface area contributed by atoms with Gasteiger partial charge in [-0.3, -0.25) is 9.69 Å². The van der Waals surface area contributed by atoms with Gasteiger partial charge in [-0.05, 0) is 36.1 Å². The number of hydrogen-bond donors (Lipinski definition) is 0. The number of fused-ring (bicyclic) bond motifs is 2. The van der Waals surface area contributed by atoms with Crippen LogP contribution in [0.4, 0.5) is 0 Å². The molecule has 132 valence electrons. The number of aromatic nitrogens is 1. The van der Waals surface area contributed by atoms with Crippen molar-refractivity contribution < 1.29 is 4.79 Å². The first kappa shape index (κ1) is 16.0. The first-order valence-corrected chi connectivity index (χ1v) is 10.1. The van der Waals surface area contributed by atoms with E-state index in [-0.39, 0.29) is 5.91 Å². The van der Waals surface area contributed by atoms with Crippen LogP contribution in [0.1, 0.15) is 27.3 Å². The van der Waals surface area contributed by atoms with Gasteiger partial charge in [-0.15, -0.1) is 11.3 Å². The molecule has 0 bridgehead atoms. The van der Waals surface area contributed by atoms with E-state index in [1.807, 2.05) is 29.2 Å². The first-order chi connectivity index (χ1) is 12.8. The van der Waals surface area contributed by atoms with E-state index < -0.39 is 0 Å². The first-order valence-electron chi connectivity index (χ1n) is 9.23. The highest BCUT2D eigenvalue weighted by Crippen LogP contribution is 2.27. The summed E-state index contributed by atoms with van der Waals surface area (Å²) in [5, 5.41) is 0.621. The Balaban J connectivity index is 1.29. The summed E-state index contributed by atoms with van der Waals surface area (Å²) < 4.78 is 1.08. The van der Waals surface area contributed by atoms with E-state index in [1.165, 1.54) is 22.5 Å². The largest absolute Gasteiger partial charge is 0.335 e. The van der Waals surface area contributed by atoms with Crippen LogP contribution in [-0.4, -0.2) is 46.4 Å². The molecule has 1 aromatic heterocycles. The number of hydrogen-bond acceptors (Lipinski definition) is 4. The average molecular weight is 363 g/mol. The second kappa shape index (κ2) is 6.49. The zero-order valence-corrected chi connectivity index (χ0v) is 15.4. The van der Waals surface area contributed by atoms with E-state index in [1.54, 1.807) is 0 Å². The van der Waals surface area contributed by atoms with E-state index in [9.17, 15) is 4.79 Å². The molecule has 0 N–H and O–H groups in total. The van der Waals surface area contributed by atoms with Gasteiger partial charge in [0, 0.05) is 32.2 Å². The Kier molecular flexibility index (Phi) is 3.98. The topological polar surface area (TPSA) is 36.4 Å². The number of carbonyl (C=O) groups is 1. The lowest BCUT2D eigenvalue weighted by Crippen LogP contribution is -2.41. The molecule has 4 nitrogen and oxygen atoms in total. The minimum Gasteiger partial charge on any atom is -0.335 e. The molecule has 1 amide bonds. The Labute approximate surface area is 157 Å². The SMILES string of the molecule is O=C(c1nc2ccccc2s1)N1CCC(N2CCc3ccccc3C2)C1. The van der Waals surface area contributed by atoms with Crippen molar-refractivity contribution in [1.82, 2.24) is 14.8 Å². The van der Waals surface area contributed by atoms with Crippen LogP contribution in [0.5, 0.6) is 0 Å². The summed E-state index contributed by atoms with van der Waals surface area (Å²) in [6, 6.07) is 17.2. The molecule has 0 spiro atoms. The van der Waals surface area contributed by atoms with Crippen LogP contribution in [0.15, 0.2) is 48.5 Å². The standard InChI is InChI=1S/C21H21N3OS/c25-21(20-22-18-7-3-4-8-19(18)26-20)24-12-10-17(14-24)23-11-9-15-5-1-2-6-16(15)13-23/h1-8,17H,9-14H2. The van der Waals surface area contributed by atoms with E-state index in [2.05, 4.69) is 34.1 Å².